The molecule has 0 heterocycles. The maximum Gasteiger partial charge on any atom is 0.331 e. The zero-order valence-corrected chi connectivity index (χ0v) is 11.6. The Morgan fingerprint density at radius 2 is 1.81 bits per heavy atom. The monoisotopic (exact) mass is 229 g/mol. The molecule has 2 unspecified atom stereocenters. The quantitative estimate of drug-likeness (QED) is 0.380. The smallest absolute Gasteiger partial charge is 0.321 e. The molecule has 96 valence electrons. The molecule has 2 atom stereocenters. The van der Waals surface area contributed by atoms with Gasteiger partial charge in [-0.25, -0.2) is 5.32 Å². The van der Waals surface area contributed by atoms with Crippen LogP contribution >= 0.6 is 0 Å². The molecule has 0 aromatic rings. The summed E-state index contributed by atoms with van der Waals surface area (Å²) in [7, 11) is 0. The van der Waals surface area contributed by atoms with Gasteiger partial charge in [-0.05, 0) is 26.7 Å². The van der Waals surface area contributed by atoms with Gasteiger partial charge in [0.15, 0.2) is 0 Å². The third kappa shape index (κ3) is 2.83. The first-order chi connectivity index (χ1) is 7.41. The van der Waals surface area contributed by atoms with Crippen LogP contribution in [0.3, 0.4) is 0 Å². The van der Waals surface area contributed by atoms with Gasteiger partial charge >= 0.3 is 5.85 Å². The highest BCUT2D eigenvalue weighted by atomic mass is 16.3. The van der Waals surface area contributed by atoms with E-state index in [9.17, 15) is 5.11 Å². The first-order valence-electron chi connectivity index (χ1n) is 6.47. The molecule has 0 saturated carbocycles. The van der Waals surface area contributed by atoms with Gasteiger partial charge in [0, 0.05) is 6.54 Å². The minimum atomic E-state index is -1.01. The molecule has 2 N–H and O–H groups in total. The molecule has 0 aromatic heterocycles. The van der Waals surface area contributed by atoms with Crippen LogP contribution in [-0.2, 0) is 0 Å². The Hall–Kier alpha value is -0.410. The highest BCUT2D eigenvalue weighted by Crippen LogP contribution is 2.38. The average Bonchev–Trinajstić information content (AvgIpc) is 2.28. The molecule has 16 heavy (non-hydrogen) atoms. The fourth-order valence-electron chi connectivity index (χ4n) is 2.33. The molecule has 0 aliphatic rings. The molecule has 0 fully saturated rings. The molecule has 0 amide bonds. The third-order valence-corrected chi connectivity index (χ3v) is 3.69. The normalized spacial score (nSPS) is 18.9. The lowest BCUT2D eigenvalue weighted by Gasteiger charge is -2.40. The fraction of sp³-hybridized carbons (Fsp3) is 0.923. The van der Waals surface area contributed by atoms with Crippen LogP contribution in [0.1, 0.15) is 53.9 Å². The van der Waals surface area contributed by atoms with Crippen LogP contribution in [0.4, 0.5) is 0 Å². The molecule has 0 aromatic carbocycles. The predicted molar refractivity (Wildman–Crippen MR) is 69.9 cm³/mol. The zero-order valence-electron chi connectivity index (χ0n) is 11.6. The van der Waals surface area contributed by atoms with Gasteiger partial charge in [-0.3, -0.25) is 0 Å². The summed E-state index contributed by atoms with van der Waals surface area (Å²) in [5.41, 5.74) is -0.171. The van der Waals surface area contributed by atoms with Gasteiger partial charge in [0.05, 0.1) is 5.41 Å². The van der Waals surface area contributed by atoms with E-state index in [1.807, 2.05) is 13.8 Å². The SMILES string of the molecule is C=[N+](CC)C(O)(NCC)C(C)(CC)CCC. The first-order valence-corrected chi connectivity index (χ1v) is 6.47. The van der Waals surface area contributed by atoms with Crippen molar-refractivity contribution in [2.45, 2.75) is 59.7 Å². The fourth-order valence-corrected chi connectivity index (χ4v) is 2.33. The van der Waals surface area contributed by atoms with Crippen LogP contribution in [-0.4, -0.2) is 35.3 Å². The van der Waals surface area contributed by atoms with Crippen molar-refractivity contribution in [3.05, 3.63) is 0 Å². The number of hydrogen-bond donors (Lipinski definition) is 2. The van der Waals surface area contributed by atoms with Crippen molar-refractivity contribution in [3.8, 4) is 0 Å². The number of nitrogens with one attached hydrogen (secondary N) is 1. The molecule has 0 aliphatic heterocycles. The third-order valence-electron chi connectivity index (χ3n) is 3.69. The van der Waals surface area contributed by atoms with E-state index in [1.54, 1.807) is 4.58 Å². The van der Waals surface area contributed by atoms with Gasteiger partial charge in [-0.1, -0.05) is 27.2 Å². The molecular weight excluding hydrogens is 200 g/mol. The number of hydrogen-bond acceptors (Lipinski definition) is 2. The summed E-state index contributed by atoms with van der Waals surface area (Å²) in [4.78, 5) is 0. The van der Waals surface area contributed by atoms with E-state index >= 15 is 0 Å². The predicted octanol–water partition coefficient (Wildman–Crippen LogP) is 2.19. The van der Waals surface area contributed by atoms with Gasteiger partial charge in [-0.15, -0.1) is 0 Å². The Labute approximate surface area is 101 Å². The standard InChI is InChI=1S/C13H29N2O/c1-7-11-12(5,8-2)13(16,14-9-3)15(6)10-4/h14,16H,6-11H2,1-5H3/q+1. The van der Waals surface area contributed by atoms with Crippen molar-refractivity contribution < 1.29 is 9.68 Å². The van der Waals surface area contributed by atoms with Gasteiger partial charge in [0.2, 0.25) is 0 Å². The van der Waals surface area contributed by atoms with Crippen molar-refractivity contribution in [1.29, 1.82) is 0 Å². The molecule has 0 rings (SSSR count). The van der Waals surface area contributed by atoms with Gasteiger partial charge in [-0.2, -0.15) is 4.58 Å². The highest BCUT2D eigenvalue weighted by Gasteiger charge is 2.52. The highest BCUT2D eigenvalue weighted by molar-refractivity contribution is 5.15. The van der Waals surface area contributed by atoms with E-state index in [2.05, 4.69) is 32.8 Å². The Morgan fingerprint density at radius 3 is 2.12 bits per heavy atom. The molecular formula is C13H29N2O+. The van der Waals surface area contributed by atoms with Crippen LogP contribution in [0.5, 0.6) is 0 Å². The molecule has 3 heteroatoms. The van der Waals surface area contributed by atoms with Crippen LogP contribution in [0.2, 0.25) is 0 Å². The molecule has 0 radical (unpaired) electrons. The second-order valence-corrected chi connectivity index (χ2v) is 4.72. The van der Waals surface area contributed by atoms with Crippen molar-refractivity contribution in [2.24, 2.45) is 5.41 Å². The van der Waals surface area contributed by atoms with E-state index in [-0.39, 0.29) is 5.41 Å². The van der Waals surface area contributed by atoms with Gasteiger partial charge in [0.25, 0.3) is 0 Å². The van der Waals surface area contributed by atoms with Crippen LogP contribution < -0.4 is 5.32 Å². The summed E-state index contributed by atoms with van der Waals surface area (Å²) in [5.74, 6) is -1.01. The van der Waals surface area contributed by atoms with Gasteiger partial charge in [0.1, 0.15) is 13.3 Å². The number of rotatable bonds is 8. The summed E-state index contributed by atoms with van der Waals surface area (Å²) >= 11 is 0. The van der Waals surface area contributed by atoms with Crippen LogP contribution in [0, 0.1) is 5.41 Å². The molecule has 0 spiro atoms. The molecule has 3 nitrogen and oxygen atoms in total. The summed E-state index contributed by atoms with van der Waals surface area (Å²) in [6.07, 6.45) is 2.98. The van der Waals surface area contributed by atoms with Crippen molar-refractivity contribution in [3.63, 3.8) is 0 Å². The lowest BCUT2D eigenvalue weighted by molar-refractivity contribution is -0.680. The maximum absolute atomic E-state index is 10.9. The van der Waals surface area contributed by atoms with E-state index in [0.29, 0.717) is 0 Å². The Bertz CT molecular complexity index is 230. The molecule has 0 bridgehead atoms. The van der Waals surface area contributed by atoms with E-state index in [4.69, 9.17) is 0 Å². The molecule has 0 saturated heterocycles. The van der Waals surface area contributed by atoms with E-state index < -0.39 is 5.85 Å². The Kier molecular flexibility index (Phi) is 6.19. The number of nitrogens with zero attached hydrogens (tertiary/aromatic N) is 1. The van der Waals surface area contributed by atoms with Crippen molar-refractivity contribution in [1.82, 2.24) is 5.32 Å². The largest absolute Gasteiger partial charge is 0.331 e. The zero-order chi connectivity index (χ0) is 12.8. The van der Waals surface area contributed by atoms with Crippen LogP contribution in [0.15, 0.2) is 0 Å². The van der Waals surface area contributed by atoms with Crippen LogP contribution in [0.25, 0.3) is 0 Å². The summed E-state index contributed by atoms with van der Waals surface area (Å²) in [6.45, 7) is 15.9. The summed E-state index contributed by atoms with van der Waals surface area (Å²) in [6, 6.07) is 0. The lowest BCUT2D eigenvalue weighted by atomic mass is 9.77. The lowest BCUT2D eigenvalue weighted by Crippen LogP contribution is -2.64. The number of aliphatic hydroxyl groups is 1. The second kappa shape index (κ2) is 6.36. The minimum Gasteiger partial charge on any atom is -0.321 e. The van der Waals surface area contributed by atoms with E-state index in [0.717, 1.165) is 32.4 Å². The van der Waals surface area contributed by atoms with Crippen molar-refractivity contribution >= 4 is 6.72 Å². The minimum absolute atomic E-state index is 0.171. The Morgan fingerprint density at radius 1 is 1.25 bits per heavy atom. The first kappa shape index (κ1) is 15.6. The summed E-state index contributed by atoms with van der Waals surface area (Å²) < 4.78 is 1.76. The Balaban J connectivity index is 5.20. The maximum atomic E-state index is 10.9. The topological polar surface area (TPSA) is 35.3 Å². The molecule has 0 aliphatic carbocycles. The second-order valence-electron chi connectivity index (χ2n) is 4.72. The summed E-state index contributed by atoms with van der Waals surface area (Å²) in [5, 5.41) is 14.1. The average molecular weight is 229 g/mol. The van der Waals surface area contributed by atoms with Crippen molar-refractivity contribution in [2.75, 3.05) is 13.1 Å². The van der Waals surface area contributed by atoms with Gasteiger partial charge < -0.3 is 5.11 Å². The van der Waals surface area contributed by atoms with E-state index in [1.165, 1.54) is 0 Å².